The van der Waals surface area contributed by atoms with Crippen LogP contribution in [-0.4, -0.2) is 11.1 Å². The van der Waals surface area contributed by atoms with E-state index in [9.17, 15) is 9.18 Å². The lowest BCUT2D eigenvalue weighted by Gasteiger charge is -2.11. The Labute approximate surface area is 93.4 Å². The maximum absolute atomic E-state index is 13.2. The average Bonchev–Trinajstić information content (AvgIpc) is 2.52. The van der Waals surface area contributed by atoms with Gasteiger partial charge in [-0.25, -0.2) is 4.39 Å². The lowest BCUT2D eigenvalue weighted by atomic mass is 9.94. The van der Waals surface area contributed by atoms with E-state index in [1.165, 1.54) is 12.1 Å². The molecule has 1 unspecified atom stereocenters. The van der Waals surface area contributed by atoms with Crippen LogP contribution in [0.15, 0.2) is 23.8 Å². The van der Waals surface area contributed by atoms with Crippen molar-refractivity contribution in [1.82, 2.24) is 0 Å². The molecule has 0 fully saturated rings. The van der Waals surface area contributed by atoms with E-state index < -0.39 is 11.9 Å². The zero-order valence-corrected chi connectivity index (χ0v) is 9.25. The van der Waals surface area contributed by atoms with Gasteiger partial charge in [0.2, 0.25) is 0 Å². The number of hydrogen-bond acceptors (Lipinski definition) is 1. The molecule has 0 saturated carbocycles. The van der Waals surface area contributed by atoms with Crippen LogP contribution in [0.5, 0.6) is 0 Å². The van der Waals surface area contributed by atoms with Crippen molar-refractivity contribution in [2.24, 2.45) is 5.92 Å². The Balaban J connectivity index is 2.52. The summed E-state index contributed by atoms with van der Waals surface area (Å²) >= 11 is 0. The van der Waals surface area contributed by atoms with Crippen LogP contribution in [-0.2, 0) is 11.2 Å². The molecule has 0 radical (unpaired) electrons. The molecule has 1 aromatic rings. The highest BCUT2D eigenvalue weighted by Gasteiger charge is 2.27. The Bertz CT molecular complexity index is 489. The van der Waals surface area contributed by atoms with Gasteiger partial charge in [0.05, 0.1) is 5.92 Å². The van der Waals surface area contributed by atoms with Crippen molar-refractivity contribution in [3.05, 3.63) is 40.7 Å². The minimum atomic E-state index is -0.869. The molecular weight excluding hydrogens is 207 g/mol. The van der Waals surface area contributed by atoms with E-state index in [-0.39, 0.29) is 5.82 Å². The second-order valence-electron chi connectivity index (χ2n) is 4.23. The first-order chi connectivity index (χ1) is 7.50. The first-order valence-corrected chi connectivity index (χ1v) is 5.22. The molecule has 0 aliphatic heterocycles. The average molecular weight is 220 g/mol. The molecule has 0 bridgehead atoms. The topological polar surface area (TPSA) is 37.3 Å². The normalized spacial score (nSPS) is 16.2. The monoisotopic (exact) mass is 220 g/mol. The molecule has 0 heterocycles. The van der Waals surface area contributed by atoms with Crippen LogP contribution < -0.4 is 0 Å². The molecule has 0 spiro atoms. The number of carboxylic acids is 1. The fraction of sp³-hybridized carbons (Fsp3) is 0.308. The zero-order valence-electron chi connectivity index (χ0n) is 9.25. The van der Waals surface area contributed by atoms with Gasteiger partial charge in [0.15, 0.2) is 0 Å². The van der Waals surface area contributed by atoms with Crippen molar-refractivity contribution in [3.8, 4) is 0 Å². The molecule has 0 saturated heterocycles. The van der Waals surface area contributed by atoms with Gasteiger partial charge in [0.25, 0.3) is 0 Å². The SMILES string of the molecule is CC1=C(C(C)C(=O)O)c2cc(F)ccc2C1. The summed E-state index contributed by atoms with van der Waals surface area (Å²) in [4.78, 5) is 11.0. The molecule has 1 atom stereocenters. The van der Waals surface area contributed by atoms with E-state index in [4.69, 9.17) is 5.11 Å². The van der Waals surface area contributed by atoms with Crippen LogP contribution in [0.4, 0.5) is 4.39 Å². The number of rotatable bonds is 2. The van der Waals surface area contributed by atoms with Crippen molar-refractivity contribution in [1.29, 1.82) is 0 Å². The van der Waals surface area contributed by atoms with Gasteiger partial charge in [-0.2, -0.15) is 0 Å². The van der Waals surface area contributed by atoms with Gasteiger partial charge < -0.3 is 5.11 Å². The van der Waals surface area contributed by atoms with E-state index in [2.05, 4.69) is 0 Å². The number of allylic oxidation sites excluding steroid dienone is 1. The van der Waals surface area contributed by atoms with Gasteiger partial charge in [-0.05, 0) is 49.1 Å². The summed E-state index contributed by atoms with van der Waals surface area (Å²) in [6, 6.07) is 4.58. The minimum Gasteiger partial charge on any atom is -0.481 e. The summed E-state index contributed by atoms with van der Waals surface area (Å²) in [5.74, 6) is -1.77. The van der Waals surface area contributed by atoms with E-state index in [0.717, 1.165) is 28.7 Å². The lowest BCUT2D eigenvalue weighted by Crippen LogP contribution is -2.11. The van der Waals surface area contributed by atoms with Crippen LogP contribution in [0.3, 0.4) is 0 Å². The molecule has 3 heteroatoms. The third-order valence-electron chi connectivity index (χ3n) is 3.08. The molecule has 0 aromatic heterocycles. The fourth-order valence-electron chi connectivity index (χ4n) is 2.29. The molecule has 2 nitrogen and oxygen atoms in total. The summed E-state index contributed by atoms with van der Waals surface area (Å²) < 4.78 is 13.2. The number of halogens is 1. The summed E-state index contributed by atoms with van der Waals surface area (Å²) in [7, 11) is 0. The Morgan fingerprint density at radius 3 is 2.81 bits per heavy atom. The van der Waals surface area contributed by atoms with Crippen molar-refractivity contribution in [2.45, 2.75) is 20.3 Å². The lowest BCUT2D eigenvalue weighted by molar-refractivity contribution is -0.139. The molecule has 1 aliphatic carbocycles. The highest BCUT2D eigenvalue weighted by Crippen LogP contribution is 2.37. The standard InChI is InChI=1S/C13H13FO2/c1-7-5-9-3-4-10(14)6-11(9)12(7)8(2)13(15)16/h3-4,6,8H,5H2,1-2H3,(H,15,16). The molecule has 2 rings (SSSR count). The number of hydrogen-bond donors (Lipinski definition) is 1. The molecule has 1 aromatic carbocycles. The molecule has 16 heavy (non-hydrogen) atoms. The van der Waals surface area contributed by atoms with Crippen molar-refractivity contribution < 1.29 is 14.3 Å². The van der Waals surface area contributed by atoms with E-state index in [1.54, 1.807) is 13.0 Å². The molecule has 1 N–H and O–H groups in total. The predicted octanol–water partition coefficient (Wildman–Crippen LogP) is 2.88. The minimum absolute atomic E-state index is 0.316. The second kappa shape index (κ2) is 3.74. The number of fused-ring (bicyclic) bond motifs is 1. The number of aliphatic carboxylic acids is 1. The Morgan fingerprint density at radius 1 is 1.50 bits per heavy atom. The smallest absolute Gasteiger partial charge is 0.310 e. The summed E-state index contributed by atoms with van der Waals surface area (Å²) in [6.07, 6.45) is 0.725. The molecular formula is C13H13FO2. The summed E-state index contributed by atoms with van der Waals surface area (Å²) in [5.41, 5.74) is 3.56. The number of carboxylic acid groups (broad SMARTS) is 1. The number of carbonyl (C=O) groups is 1. The highest BCUT2D eigenvalue weighted by atomic mass is 19.1. The van der Waals surface area contributed by atoms with Crippen molar-refractivity contribution in [3.63, 3.8) is 0 Å². The maximum atomic E-state index is 13.2. The third-order valence-corrected chi connectivity index (χ3v) is 3.08. The van der Waals surface area contributed by atoms with E-state index >= 15 is 0 Å². The quantitative estimate of drug-likeness (QED) is 0.832. The third kappa shape index (κ3) is 1.62. The van der Waals surface area contributed by atoms with Gasteiger partial charge in [-0.3, -0.25) is 4.79 Å². The first kappa shape index (κ1) is 10.9. The Hall–Kier alpha value is -1.64. The maximum Gasteiger partial charge on any atom is 0.310 e. The van der Waals surface area contributed by atoms with E-state index in [0.29, 0.717) is 0 Å². The number of benzene rings is 1. The van der Waals surface area contributed by atoms with Crippen LogP contribution in [0.25, 0.3) is 5.57 Å². The van der Waals surface area contributed by atoms with Gasteiger partial charge in [0.1, 0.15) is 5.82 Å². The molecule has 84 valence electrons. The highest BCUT2D eigenvalue weighted by molar-refractivity contribution is 5.90. The van der Waals surface area contributed by atoms with Gasteiger partial charge in [-0.15, -0.1) is 0 Å². The molecule has 0 amide bonds. The Kier molecular flexibility index (Phi) is 2.54. The van der Waals surface area contributed by atoms with Crippen LogP contribution in [0.1, 0.15) is 25.0 Å². The van der Waals surface area contributed by atoms with Crippen LogP contribution in [0, 0.1) is 11.7 Å². The fourth-order valence-corrected chi connectivity index (χ4v) is 2.29. The Morgan fingerprint density at radius 2 is 2.19 bits per heavy atom. The summed E-state index contributed by atoms with van der Waals surface area (Å²) in [6.45, 7) is 3.55. The van der Waals surface area contributed by atoms with Crippen LogP contribution >= 0.6 is 0 Å². The first-order valence-electron chi connectivity index (χ1n) is 5.22. The van der Waals surface area contributed by atoms with Gasteiger partial charge >= 0.3 is 5.97 Å². The van der Waals surface area contributed by atoms with Gasteiger partial charge in [0, 0.05) is 0 Å². The molecule has 1 aliphatic rings. The van der Waals surface area contributed by atoms with Crippen molar-refractivity contribution >= 4 is 11.5 Å². The second-order valence-corrected chi connectivity index (χ2v) is 4.23. The zero-order chi connectivity index (χ0) is 11.9. The van der Waals surface area contributed by atoms with E-state index in [1.807, 2.05) is 6.92 Å². The summed E-state index contributed by atoms with van der Waals surface area (Å²) in [5, 5.41) is 9.03. The van der Waals surface area contributed by atoms with Crippen molar-refractivity contribution in [2.75, 3.05) is 0 Å². The van der Waals surface area contributed by atoms with Gasteiger partial charge in [-0.1, -0.05) is 11.6 Å². The van der Waals surface area contributed by atoms with Crippen LogP contribution in [0.2, 0.25) is 0 Å². The predicted molar refractivity (Wildman–Crippen MR) is 59.5 cm³/mol. The largest absolute Gasteiger partial charge is 0.481 e.